The standard InChI is InChI=1S/C7H8BrN3O2/c8-5-1-6(11-7(9)10-5)13-4-2-12-3-4/h1,4H,2-3H2,(H2,9,10,11). The van der Waals surface area contributed by atoms with Crippen molar-refractivity contribution in [3.63, 3.8) is 0 Å². The Hall–Kier alpha value is -0.880. The smallest absolute Gasteiger partial charge is 0.224 e. The number of nitrogens with zero attached hydrogens (tertiary/aromatic N) is 2. The van der Waals surface area contributed by atoms with Gasteiger partial charge in [-0.15, -0.1) is 0 Å². The normalized spacial score (nSPS) is 16.7. The number of aromatic nitrogens is 2. The topological polar surface area (TPSA) is 70.3 Å². The Morgan fingerprint density at radius 2 is 2.31 bits per heavy atom. The highest BCUT2D eigenvalue weighted by atomic mass is 79.9. The molecule has 5 nitrogen and oxygen atoms in total. The minimum atomic E-state index is 0.0983. The summed E-state index contributed by atoms with van der Waals surface area (Å²) in [5.41, 5.74) is 5.43. The van der Waals surface area contributed by atoms with E-state index in [-0.39, 0.29) is 12.1 Å². The molecule has 1 aromatic heterocycles. The number of nitrogens with two attached hydrogens (primary N) is 1. The second-order valence-corrected chi connectivity index (χ2v) is 3.48. The van der Waals surface area contributed by atoms with Crippen LogP contribution in [0.5, 0.6) is 5.88 Å². The number of ether oxygens (including phenoxy) is 2. The number of hydrogen-bond acceptors (Lipinski definition) is 5. The monoisotopic (exact) mass is 245 g/mol. The van der Waals surface area contributed by atoms with Gasteiger partial charge in [-0.05, 0) is 15.9 Å². The van der Waals surface area contributed by atoms with Crippen LogP contribution in [-0.2, 0) is 4.74 Å². The molecule has 70 valence electrons. The van der Waals surface area contributed by atoms with Crippen LogP contribution in [0.3, 0.4) is 0 Å². The molecule has 0 bridgehead atoms. The van der Waals surface area contributed by atoms with Crippen molar-refractivity contribution in [3.05, 3.63) is 10.7 Å². The largest absolute Gasteiger partial charge is 0.469 e. The average molecular weight is 246 g/mol. The molecule has 0 spiro atoms. The predicted molar refractivity (Wildman–Crippen MR) is 49.4 cm³/mol. The van der Waals surface area contributed by atoms with Crippen molar-refractivity contribution < 1.29 is 9.47 Å². The maximum absolute atomic E-state index is 5.43. The van der Waals surface area contributed by atoms with Gasteiger partial charge in [-0.1, -0.05) is 0 Å². The summed E-state index contributed by atoms with van der Waals surface area (Å²) in [5.74, 6) is 0.678. The highest BCUT2D eigenvalue weighted by Crippen LogP contribution is 2.18. The van der Waals surface area contributed by atoms with Gasteiger partial charge in [0, 0.05) is 6.07 Å². The molecule has 2 heterocycles. The average Bonchev–Trinajstić information content (AvgIpc) is 1.95. The molecule has 2 rings (SSSR count). The first kappa shape index (κ1) is 8.71. The Morgan fingerprint density at radius 1 is 1.54 bits per heavy atom. The van der Waals surface area contributed by atoms with E-state index in [1.807, 2.05) is 0 Å². The van der Waals surface area contributed by atoms with Gasteiger partial charge in [0.25, 0.3) is 0 Å². The fourth-order valence-electron chi connectivity index (χ4n) is 0.927. The van der Waals surface area contributed by atoms with Crippen LogP contribution in [0.1, 0.15) is 0 Å². The molecule has 1 aliphatic rings. The van der Waals surface area contributed by atoms with E-state index in [0.717, 1.165) is 0 Å². The van der Waals surface area contributed by atoms with E-state index in [4.69, 9.17) is 15.2 Å². The molecule has 13 heavy (non-hydrogen) atoms. The Balaban J connectivity index is 2.10. The highest BCUT2D eigenvalue weighted by Gasteiger charge is 2.20. The lowest BCUT2D eigenvalue weighted by atomic mass is 10.3. The van der Waals surface area contributed by atoms with Gasteiger partial charge in [0.15, 0.2) is 0 Å². The lowest BCUT2D eigenvalue weighted by Gasteiger charge is -2.26. The minimum Gasteiger partial charge on any atom is -0.469 e. The van der Waals surface area contributed by atoms with Crippen molar-refractivity contribution in [2.75, 3.05) is 18.9 Å². The van der Waals surface area contributed by atoms with Crippen molar-refractivity contribution in [2.45, 2.75) is 6.10 Å². The van der Waals surface area contributed by atoms with Gasteiger partial charge in [-0.25, -0.2) is 4.98 Å². The quantitative estimate of drug-likeness (QED) is 0.773. The van der Waals surface area contributed by atoms with Crippen LogP contribution in [0.4, 0.5) is 5.95 Å². The number of rotatable bonds is 2. The zero-order valence-electron chi connectivity index (χ0n) is 6.74. The van der Waals surface area contributed by atoms with Crippen molar-refractivity contribution in [3.8, 4) is 5.88 Å². The van der Waals surface area contributed by atoms with E-state index in [9.17, 15) is 0 Å². The van der Waals surface area contributed by atoms with E-state index in [1.54, 1.807) is 6.07 Å². The molecule has 2 N–H and O–H groups in total. The highest BCUT2D eigenvalue weighted by molar-refractivity contribution is 9.10. The molecular weight excluding hydrogens is 238 g/mol. The number of anilines is 1. The first-order valence-corrected chi connectivity index (χ1v) is 4.58. The molecule has 0 saturated carbocycles. The maximum Gasteiger partial charge on any atom is 0.224 e. The van der Waals surface area contributed by atoms with Gasteiger partial charge in [0.1, 0.15) is 10.7 Å². The molecule has 1 saturated heterocycles. The first-order valence-electron chi connectivity index (χ1n) is 3.78. The van der Waals surface area contributed by atoms with Crippen molar-refractivity contribution in [1.82, 2.24) is 9.97 Å². The SMILES string of the molecule is Nc1nc(Br)cc(OC2COC2)n1. The number of halogens is 1. The third-order valence-electron chi connectivity index (χ3n) is 1.58. The van der Waals surface area contributed by atoms with Gasteiger partial charge >= 0.3 is 0 Å². The fraction of sp³-hybridized carbons (Fsp3) is 0.429. The van der Waals surface area contributed by atoms with Crippen LogP contribution in [-0.4, -0.2) is 29.3 Å². The summed E-state index contributed by atoms with van der Waals surface area (Å²) in [6.45, 7) is 1.23. The molecule has 1 fully saturated rings. The summed E-state index contributed by atoms with van der Waals surface area (Å²) in [6.07, 6.45) is 0.0983. The van der Waals surface area contributed by atoms with Crippen molar-refractivity contribution in [2.24, 2.45) is 0 Å². The van der Waals surface area contributed by atoms with Gasteiger partial charge < -0.3 is 15.2 Å². The Kier molecular flexibility index (Phi) is 2.32. The predicted octanol–water partition coefficient (Wildman–Crippen LogP) is 0.599. The van der Waals surface area contributed by atoms with Gasteiger partial charge in [0.05, 0.1) is 13.2 Å². The van der Waals surface area contributed by atoms with E-state index in [1.165, 1.54) is 0 Å². The van der Waals surface area contributed by atoms with Crippen molar-refractivity contribution >= 4 is 21.9 Å². The lowest BCUT2D eigenvalue weighted by Crippen LogP contribution is -2.38. The molecule has 1 aliphatic heterocycles. The summed E-state index contributed by atoms with van der Waals surface area (Å²) in [5, 5.41) is 0. The Labute approximate surface area is 83.4 Å². The Morgan fingerprint density at radius 3 is 2.85 bits per heavy atom. The van der Waals surface area contributed by atoms with Crippen LogP contribution in [0.2, 0.25) is 0 Å². The maximum atomic E-state index is 5.43. The first-order chi connectivity index (χ1) is 6.24. The van der Waals surface area contributed by atoms with Crippen LogP contribution in [0.15, 0.2) is 10.7 Å². The summed E-state index contributed by atoms with van der Waals surface area (Å²) >= 11 is 3.20. The van der Waals surface area contributed by atoms with Crippen LogP contribution < -0.4 is 10.5 Å². The van der Waals surface area contributed by atoms with Gasteiger partial charge in [0.2, 0.25) is 11.8 Å². The van der Waals surface area contributed by atoms with Gasteiger partial charge in [-0.3, -0.25) is 0 Å². The molecule has 6 heteroatoms. The molecule has 1 aromatic rings. The summed E-state index contributed by atoms with van der Waals surface area (Å²) in [7, 11) is 0. The number of hydrogen-bond donors (Lipinski definition) is 1. The second-order valence-electron chi connectivity index (χ2n) is 2.66. The third kappa shape index (κ3) is 2.07. The fourth-order valence-corrected chi connectivity index (χ4v) is 1.30. The molecule has 0 aromatic carbocycles. The second kappa shape index (κ2) is 3.47. The van der Waals surface area contributed by atoms with Crippen LogP contribution in [0, 0.1) is 0 Å². The molecule has 0 radical (unpaired) electrons. The van der Waals surface area contributed by atoms with Crippen LogP contribution >= 0.6 is 15.9 Å². The van der Waals surface area contributed by atoms with Gasteiger partial charge in [-0.2, -0.15) is 4.98 Å². The third-order valence-corrected chi connectivity index (χ3v) is 1.99. The van der Waals surface area contributed by atoms with E-state index < -0.39 is 0 Å². The molecular formula is C7H8BrN3O2. The van der Waals surface area contributed by atoms with Crippen LogP contribution in [0.25, 0.3) is 0 Å². The Bertz CT molecular complexity index is 296. The lowest BCUT2D eigenvalue weighted by molar-refractivity contribution is -0.0813. The zero-order valence-corrected chi connectivity index (χ0v) is 8.32. The van der Waals surface area contributed by atoms with E-state index in [0.29, 0.717) is 23.7 Å². The zero-order chi connectivity index (χ0) is 9.26. The summed E-state index contributed by atoms with van der Waals surface area (Å²) < 4.78 is 11.0. The molecule has 0 atom stereocenters. The molecule has 0 amide bonds. The van der Waals surface area contributed by atoms with Crippen molar-refractivity contribution in [1.29, 1.82) is 0 Å². The number of nitrogen functional groups attached to an aromatic ring is 1. The summed E-state index contributed by atoms with van der Waals surface area (Å²) in [6, 6.07) is 1.68. The molecule has 0 aliphatic carbocycles. The minimum absolute atomic E-state index is 0.0983. The molecule has 0 unspecified atom stereocenters. The van der Waals surface area contributed by atoms with E-state index >= 15 is 0 Å². The summed E-state index contributed by atoms with van der Waals surface area (Å²) in [4.78, 5) is 7.77. The van der Waals surface area contributed by atoms with E-state index in [2.05, 4.69) is 25.9 Å².